The van der Waals surface area contributed by atoms with Gasteiger partial charge in [-0.3, -0.25) is 9.36 Å². The number of ether oxygens (including phenoxy) is 1. The van der Waals surface area contributed by atoms with Crippen LogP contribution in [0.2, 0.25) is 0 Å². The van der Waals surface area contributed by atoms with Gasteiger partial charge in [-0.15, -0.1) is 0 Å². The van der Waals surface area contributed by atoms with Crippen molar-refractivity contribution in [3.8, 4) is 5.82 Å². The van der Waals surface area contributed by atoms with Crippen molar-refractivity contribution < 1.29 is 9.53 Å². The van der Waals surface area contributed by atoms with E-state index in [1.807, 2.05) is 27.8 Å². The smallest absolute Gasteiger partial charge is 0.255 e. The molecular formula is C17H22N4O2. The van der Waals surface area contributed by atoms with Gasteiger partial charge in [0.2, 0.25) is 0 Å². The normalized spacial score (nSPS) is 18.1. The van der Waals surface area contributed by atoms with Gasteiger partial charge in [-0.2, -0.15) is 0 Å². The Morgan fingerprint density at radius 1 is 1.43 bits per heavy atom. The van der Waals surface area contributed by atoms with Gasteiger partial charge in [0.05, 0.1) is 11.7 Å². The van der Waals surface area contributed by atoms with Crippen LogP contribution in [-0.2, 0) is 4.74 Å². The van der Waals surface area contributed by atoms with E-state index in [-0.39, 0.29) is 12.0 Å². The monoisotopic (exact) mass is 314 g/mol. The molecule has 0 aromatic carbocycles. The molecule has 1 saturated heterocycles. The van der Waals surface area contributed by atoms with Crippen LogP contribution in [0.1, 0.15) is 36.5 Å². The van der Waals surface area contributed by atoms with Crippen molar-refractivity contribution in [3.63, 3.8) is 0 Å². The first-order valence-electron chi connectivity index (χ1n) is 8.13. The molecule has 1 aliphatic heterocycles. The summed E-state index contributed by atoms with van der Waals surface area (Å²) >= 11 is 0. The Kier molecular flexibility index (Phi) is 5.02. The molecule has 2 aromatic heterocycles. The van der Waals surface area contributed by atoms with Crippen molar-refractivity contribution in [1.29, 1.82) is 0 Å². The molecule has 0 spiro atoms. The molecule has 0 aliphatic carbocycles. The van der Waals surface area contributed by atoms with Crippen LogP contribution in [0.5, 0.6) is 0 Å². The summed E-state index contributed by atoms with van der Waals surface area (Å²) in [6.45, 7) is 4.31. The van der Waals surface area contributed by atoms with Crippen molar-refractivity contribution in [2.45, 2.75) is 32.3 Å². The summed E-state index contributed by atoms with van der Waals surface area (Å²) in [5.74, 6) is 0.779. The van der Waals surface area contributed by atoms with E-state index in [1.165, 1.54) is 0 Å². The SMILES string of the molecule is CCCO[C@@H]1CCCN(C(=O)c2ccc(-n3ccnc3)nc2)C1. The summed E-state index contributed by atoms with van der Waals surface area (Å²) in [7, 11) is 0. The number of amides is 1. The number of carbonyl (C=O) groups is 1. The van der Waals surface area contributed by atoms with E-state index >= 15 is 0 Å². The van der Waals surface area contributed by atoms with Crippen molar-refractivity contribution in [2.24, 2.45) is 0 Å². The molecule has 3 heterocycles. The third-order valence-corrected chi connectivity index (χ3v) is 3.99. The van der Waals surface area contributed by atoms with Crippen LogP contribution in [0.15, 0.2) is 37.1 Å². The molecular weight excluding hydrogens is 292 g/mol. The Morgan fingerprint density at radius 3 is 3.04 bits per heavy atom. The van der Waals surface area contributed by atoms with Crippen LogP contribution in [0, 0.1) is 0 Å². The first-order valence-corrected chi connectivity index (χ1v) is 8.13. The largest absolute Gasteiger partial charge is 0.376 e. The third-order valence-electron chi connectivity index (χ3n) is 3.99. The summed E-state index contributed by atoms with van der Waals surface area (Å²) in [6.07, 6.45) is 10.0. The van der Waals surface area contributed by atoms with Gasteiger partial charge < -0.3 is 9.64 Å². The predicted molar refractivity (Wildman–Crippen MR) is 86.5 cm³/mol. The second-order valence-electron chi connectivity index (χ2n) is 5.76. The molecule has 2 aromatic rings. The second kappa shape index (κ2) is 7.37. The summed E-state index contributed by atoms with van der Waals surface area (Å²) in [4.78, 5) is 22.8. The minimum Gasteiger partial charge on any atom is -0.376 e. The highest BCUT2D eigenvalue weighted by Crippen LogP contribution is 2.16. The molecule has 122 valence electrons. The highest BCUT2D eigenvalue weighted by Gasteiger charge is 2.25. The van der Waals surface area contributed by atoms with Crippen molar-refractivity contribution >= 4 is 5.91 Å². The van der Waals surface area contributed by atoms with Gasteiger partial charge in [0, 0.05) is 38.3 Å². The molecule has 6 nitrogen and oxygen atoms in total. The predicted octanol–water partition coefficient (Wildman–Crippen LogP) is 2.30. The Morgan fingerprint density at radius 2 is 2.35 bits per heavy atom. The molecule has 1 aliphatic rings. The average Bonchev–Trinajstić information content (AvgIpc) is 3.14. The number of aromatic nitrogens is 3. The van der Waals surface area contributed by atoms with Crippen LogP contribution in [-0.4, -0.2) is 51.1 Å². The number of nitrogens with zero attached hydrogens (tertiary/aromatic N) is 4. The molecule has 23 heavy (non-hydrogen) atoms. The van der Waals surface area contributed by atoms with E-state index in [1.54, 1.807) is 18.7 Å². The van der Waals surface area contributed by atoms with Gasteiger partial charge in [-0.25, -0.2) is 9.97 Å². The lowest BCUT2D eigenvalue weighted by Crippen LogP contribution is -2.43. The zero-order valence-electron chi connectivity index (χ0n) is 13.4. The lowest BCUT2D eigenvalue weighted by Gasteiger charge is -2.32. The van der Waals surface area contributed by atoms with E-state index in [0.717, 1.165) is 38.2 Å². The van der Waals surface area contributed by atoms with Crippen LogP contribution < -0.4 is 0 Å². The van der Waals surface area contributed by atoms with Crippen molar-refractivity contribution in [1.82, 2.24) is 19.4 Å². The summed E-state index contributed by atoms with van der Waals surface area (Å²) in [6, 6.07) is 3.66. The molecule has 0 N–H and O–H groups in total. The number of hydrogen-bond acceptors (Lipinski definition) is 4. The van der Waals surface area contributed by atoms with E-state index in [2.05, 4.69) is 16.9 Å². The highest BCUT2D eigenvalue weighted by atomic mass is 16.5. The molecule has 0 unspecified atom stereocenters. The molecule has 1 fully saturated rings. The Hall–Kier alpha value is -2.21. The minimum atomic E-state index is 0.0273. The van der Waals surface area contributed by atoms with Crippen molar-refractivity contribution in [3.05, 3.63) is 42.6 Å². The summed E-state index contributed by atoms with van der Waals surface area (Å²) < 4.78 is 7.61. The van der Waals surface area contributed by atoms with E-state index in [4.69, 9.17) is 4.74 Å². The molecule has 0 bridgehead atoms. The van der Waals surface area contributed by atoms with E-state index < -0.39 is 0 Å². The fourth-order valence-electron chi connectivity index (χ4n) is 2.79. The third kappa shape index (κ3) is 3.76. The second-order valence-corrected chi connectivity index (χ2v) is 5.76. The number of imidazole rings is 1. The minimum absolute atomic E-state index is 0.0273. The van der Waals surface area contributed by atoms with Crippen molar-refractivity contribution in [2.75, 3.05) is 19.7 Å². The summed E-state index contributed by atoms with van der Waals surface area (Å²) in [5.41, 5.74) is 0.616. The number of likely N-dealkylation sites (tertiary alicyclic amines) is 1. The maximum absolute atomic E-state index is 12.6. The van der Waals surface area contributed by atoms with Crippen LogP contribution >= 0.6 is 0 Å². The zero-order valence-corrected chi connectivity index (χ0v) is 13.4. The number of hydrogen-bond donors (Lipinski definition) is 0. The number of carbonyl (C=O) groups excluding carboxylic acids is 1. The quantitative estimate of drug-likeness (QED) is 0.849. The Bertz CT molecular complexity index is 625. The number of pyridine rings is 1. The molecule has 0 saturated carbocycles. The first kappa shape index (κ1) is 15.7. The lowest BCUT2D eigenvalue weighted by atomic mass is 10.1. The van der Waals surface area contributed by atoms with Gasteiger partial charge in [0.15, 0.2) is 0 Å². The van der Waals surface area contributed by atoms with Crippen LogP contribution in [0.3, 0.4) is 0 Å². The maximum atomic E-state index is 12.6. The molecule has 1 atom stereocenters. The molecule has 1 amide bonds. The molecule has 3 rings (SSSR count). The van der Waals surface area contributed by atoms with Crippen LogP contribution in [0.4, 0.5) is 0 Å². The van der Waals surface area contributed by atoms with Gasteiger partial charge in [0.25, 0.3) is 5.91 Å². The zero-order chi connectivity index (χ0) is 16.1. The summed E-state index contributed by atoms with van der Waals surface area (Å²) in [5, 5.41) is 0. The molecule has 6 heteroatoms. The Balaban J connectivity index is 1.65. The highest BCUT2D eigenvalue weighted by molar-refractivity contribution is 5.94. The first-order chi connectivity index (χ1) is 11.3. The average molecular weight is 314 g/mol. The fourth-order valence-corrected chi connectivity index (χ4v) is 2.79. The van der Waals surface area contributed by atoms with Gasteiger partial charge in [0.1, 0.15) is 12.1 Å². The number of rotatable bonds is 5. The van der Waals surface area contributed by atoms with Gasteiger partial charge in [-0.1, -0.05) is 6.92 Å². The Labute approximate surface area is 136 Å². The topological polar surface area (TPSA) is 60.2 Å². The lowest BCUT2D eigenvalue weighted by molar-refractivity contribution is 0.00210. The number of piperidine rings is 1. The molecule has 0 radical (unpaired) electrons. The fraction of sp³-hybridized carbons (Fsp3) is 0.471. The van der Waals surface area contributed by atoms with E-state index in [0.29, 0.717) is 12.1 Å². The standard InChI is InChI=1S/C17H22N4O2/c1-2-10-23-15-4-3-8-20(12-15)17(22)14-5-6-16(19-11-14)21-9-7-18-13-21/h5-7,9,11,13,15H,2-4,8,10,12H2,1H3/t15-/m1/s1. The van der Waals surface area contributed by atoms with Gasteiger partial charge in [-0.05, 0) is 31.4 Å². The van der Waals surface area contributed by atoms with Crippen LogP contribution in [0.25, 0.3) is 5.82 Å². The van der Waals surface area contributed by atoms with E-state index in [9.17, 15) is 4.79 Å². The van der Waals surface area contributed by atoms with Gasteiger partial charge >= 0.3 is 0 Å². The maximum Gasteiger partial charge on any atom is 0.255 e.